The van der Waals surface area contributed by atoms with Crippen LogP contribution in [0.4, 0.5) is 0 Å². The highest BCUT2D eigenvalue weighted by Crippen LogP contribution is 2.31. The van der Waals surface area contributed by atoms with E-state index in [1.807, 2.05) is 12.4 Å². The van der Waals surface area contributed by atoms with Crippen molar-refractivity contribution in [3.8, 4) is 0 Å². The van der Waals surface area contributed by atoms with Crippen LogP contribution in [0.15, 0.2) is 23.2 Å². The van der Waals surface area contributed by atoms with Crippen molar-refractivity contribution < 1.29 is 0 Å². The van der Waals surface area contributed by atoms with Gasteiger partial charge in [0.2, 0.25) is 0 Å². The minimum atomic E-state index is 0.481. The Labute approximate surface area is 101 Å². The first kappa shape index (κ1) is 10.2. The van der Waals surface area contributed by atoms with Crippen molar-refractivity contribution in [1.82, 2.24) is 5.32 Å². The second-order valence-corrected chi connectivity index (χ2v) is 5.20. The smallest absolute Gasteiger partial charge is 0.0828 e. The van der Waals surface area contributed by atoms with Gasteiger partial charge in [0, 0.05) is 11.6 Å². The van der Waals surface area contributed by atoms with Crippen LogP contribution in [0.25, 0.3) is 0 Å². The van der Waals surface area contributed by atoms with Crippen LogP contribution in [-0.4, -0.2) is 18.9 Å². The van der Waals surface area contributed by atoms with Gasteiger partial charge in [-0.05, 0) is 48.4 Å². The maximum Gasteiger partial charge on any atom is 0.0828 e. The Balaban J connectivity index is 1.68. The molecule has 0 fully saturated rings. The van der Waals surface area contributed by atoms with Gasteiger partial charge in [0.15, 0.2) is 0 Å². The summed E-state index contributed by atoms with van der Waals surface area (Å²) in [7, 11) is 0. The van der Waals surface area contributed by atoms with E-state index in [1.165, 1.54) is 30.4 Å². The lowest BCUT2D eigenvalue weighted by molar-refractivity contribution is 0.459. The first-order chi connectivity index (χ1) is 7.81. The normalized spacial score (nSPS) is 26.8. The largest absolute Gasteiger partial charge is 0.374 e. The average Bonchev–Trinajstić information content (AvgIpc) is 2.86. The van der Waals surface area contributed by atoms with Gasteiger partial charge in [-0.1, -0.05) is 17.7 Å². The average molecular weight is 235 g/mol. The van der Waals surface area contributed by atoms with Crippen molar-refractivity contribution in [1.29, 1.82) is 0 Å². The Hall–Kier alpha value is -1.02. The van der Waals surface area contributed by atoms with Crippen LogP contribution in [0, 0.1) is 5.92 Å². The van der Waals surface area contributed by atoms with Gasteiger partial charge in [0.05, 0.1) is 12.4 Å². The van der Waals surface area contributed by atoms with Crippen LogP contribution in [0.5, 0.6) is 0 Å². The zero-order valence-corrected chi connectivity index (χ0v) is 9.87. The van der Waals surface area contributed by atoms with E-state index in [9.17, 15) is 0 Å². The van der Waals surface area contributed by atoms with Gasteiger partial charge in [-0.3, -0.25) is 4.99 Å². The van der Waals surface area contributed by atoms with Crippen LogP contribution < -0.4 is 5.32 Å². The lowest BCUT2D eigenvalue weighted by Crippen LogP contribution is -2.19. The van der Waals surface area contributed by atoms with Gasteiger partial charge in [-0.2, -0.15) is 0 Å². The Morgan fingerprint density at radius 2 is 2.19 bits per heavy atom. The number of aliphatic imine (C=N–C) groups is 1. The molecular weight excluding hydrogens is 220 g/mol. The molecule has 1 heterocycles. The number of hydrogen-bond donors (Lipinski definition) is 1. The van der Waals surface area contributed by atoms with Crippen molar-refractivity contribution in [2.75, 3.05) is 6.54 Å². The molecule has 0 radical (unpaired) electrons. The van der Waals surface area contributed by atoms with Crippen molar-refractivity contribution in [3.05, 3.63) is 34.3 Å². The number of benzene rings is 1. The zero-order chi connectivity index (χ0) is 11.0. The summed E-state index contributed by atoms with van der Waals surface area (Å²) in [5.41, 5.74) is 2.91. The lowest BCUT2D eigenvalue weighted by atomic mass is 9.97. The Morgan fingerprint density at radius 1 is 1.31 bits per heavy atom. The molecule has 0 saturated carbocycles. The summed E-state index contributed by atoms with van der Waals surface area (Å²) in [5.74, 6) is 0.746. The van der Waals surface area contributed by atoms with Crippen molar-refractivity contribution >= 4 is 17.9 Å². The van der Waals surface area contributed by atoms with Crippen molar-refractivity contribution in [2.45, 2.75) is 25.3 Å². The molecule has 1 aliphatic heterocycles. The van der Waals surface area contributed by atoms with Crippen molar-refractivity contribution in [3.63, 3.8) is 0 Å². The molecular formula is C13H15ClN2. The molecule has 84 valence electrons. The van der Waals surface area contributed by atoms with Crippen molar-refractivity contribution in [2.24, 2.45) is 10.9 Å². The summed E-state index contributed by atoms with van der Waals surface area (Å²) >= 11 is 6.01. The van der Waals surface area contributed by atoms with Gasteiger partial charge in [-0.25, -0.2) is 0 Å². The molecule has 0 saturated heterocycles. The fourth-order valence-corrected chi connectivity index (χ4v) is 2.97. The third-order valence-corrected chi connectivity index (χ3v) is 3.76. The minimum absolute atomic E-state index is 0.481. The maximum atomic E-state index is 6.01. The monoisotopic (exact) mass is 234 g/mol. The summed E-state index contributed by atoms with van der Waals surface area (Å²) in [6, 6.07) is 6.77. The van der Waals surface area contributed by atoms with Gasteiger partial charge in [0.25, 0.3) is 0 Å². The van der Waals surface area contributed by atoms with Gasteiger partial charge in [0.1, 0.15) is 0 Å². The third-order valence-electron chi connectivity index (χ3n) is 3.52. The Kier molecular flexibility index (Phi) is 2.60. The van der Waals surface area contributed by atoms with Gasteiger partial charge >= 0.3 is 0 Å². The van der Waals surface area contributed by atoms with Crippen LogP contribution in [0.2, 0.25) is 5.02 Å². The Morgan fingerprint density at radius 3 is 3.00 bits per heavy atom. The molecule has 3 heteroatoms. The molecule has 0 bridgehead atoms. The molecule has 1 aromatic carbocycles. The Bertz CT molecular complexity index is 428. The molecule has 2 unspecified atom stereocenters. The summed E-state index contributed by atoms with van der Waals surface area (Å²) < 4.78 is 0. The highest BCUT2D eigenvalue weighted by Gasteiger charge is 2.24. The van der Waals surface area contributed by atoms with E-state index in [2.05, 4.69) is 22.4 Å². The minimum Gasteiger partial charge on any atom is -0.374 e. The molecule has 3 rings (SSSR count). The highest BCUT2D eigenvalue weighted by atomic mass is 35.5. The van der Waals surface area contributed by atoms with Crippen LogP contribution in [-0.2, 0) is 12.8 Å². The highest BCUT2D eigenvalue weighted by molar-refractivity contribution is 6.30. The predicted molar refractivity (Wildman–Crippen MR) is 67.2 cm³/mol. The van der Waals surface area contributed by atoms with E-state index < -0.39 is 0 Å². The number of nitrogens with one attached hydrogen (secondary N) is 1. The SMILES string of the molecule is Clc1ccc2c(c1)CC(CC1CNC=N1)C2. The zero-order valence-electron chi connectivity index (χ0n) is 9.12. The fraction of sp³-hybridized carbons (Fsp3) is 0.462. The molecule has 1 aromatic rings. The number of nitrogens with zero attached hydrogens (tertiary/aromatic N) is 1. The van der Waals surface area contributed by atoms with Gasteiger partial charge < -0.3 is 5.32 Å². The van der Waals surface area contributed by atoms with Crippen LogP contribution in [0.3, 0.4) is 0 Å². The topological polar surface area (TPSA) is 24.4 Å². The maximum absolute atomic E-state index is 6.01. The fourth-order valence-electron chi connectivity index (χ4n) is 2.77. The predicted octanol–water partition coefficient (Wildman–Crippen LogP) is 2.45. The standard InChI is InChI=1S/C13H15ClN2/c14-12-2-1-10-3-9(4-11(10)6-12)5-13-7-15-8-16-13/h1-2,6,8-9,13H,3-5,7H2,(H,15,16). The first-order valence-corrected chi connectivity index (χ1v) is 6.21. The molecule has 1 aliphatic carbocycles. The van der Waals surface area contributed by atoms with E-state index in [-0.39, 0.29) is 0 Å². The molecule has 1 N–H and O–H groups in total. The number of fused-ring (bicyclic) bond motifs is 1. The quantitative estimate of drug-likeness (QED) is 0.835. The molecule has 2 aliphatic rings. The summed E-state index contributed by atoms with van der Waals surface area (Å²) in [4.78, 5) is 4.42. The van der Waals surface area contributed by atoms with E-state index in [4.69, 9.17) is 11.6 Å². The number of rotatable bonds is 2. The lowest BCUT2D eigenvalue weighted by Gasteiger charge is -2.12. The first-order valence-electron chi connectivity index (χ1n) is 5.83. The van der Waals surface area contributed by atoms with E-state index in [0.717, 1.165) is 17.5 Å². The third kappa shape index (κ3) is 1.94. The molecule has 0 spiro atoms. The van der Waals surface area contributed by atoms with E-state index in [0.29, 0.717) is 6.04 Å². The van der Waals surface area contributed by atoms with Gasteiger partial charge in [-0.15, -0.1) is 0 Å². The molecule has 0 amide bonds. The summed E-state index contributed by atoms with van der Waals surface area (Å²) in [5, 5.41) is 4.02. The van der Waals surface area contributed by atoms with Crippen LogP contribution >= 0.6 is 11.6 Å². The molecule has 0 aromatic heterocycles. The van der Waals surface area contributed by atoms with Crippen LogP contribution in [0.1, 0.15) is 17.5 Å². The summed E-state index contributed by atoms with van der Waals surface area (Å²) in [6.07, 6.45) is 5.39. The number of halogens is 1. The second kappa shape index (κ2) is 4.10. The second-order valence-electron chi connectivity index (χ2n) is 4.76. The van der Waals surface area contributed by atoms with E-state index in [1.54, 1.807) is 0 Å². The molecule has 16 heavy (non-hydrogen) atoms. The molecule has 2 nitrogen and oxygen atoms in total. The number of hydrogen-bond acceptors (Lipinski definition) is 2. The molecule has 2 atom stereocenters. The summed E-state index contributed by atoms with van der Waals surface area (Å²) in [6.45, 7) is 1.01. The van der Waals surface area contributed by atoms with E-state index >= 15 is 0 Å².